The van der Waals surface area contributed by atoms with Crippen LogP contribution in [0.5, 0.6) is 0 Å². The molecule has 0 bridgehead atoms. The second-order valence-corrected chi connectivity index (χ2v) is 10.2. The molecule has 0 aliphatic rings. The first-order chi connectivity index (χ1) is 12.9. The molecule has 5 heteroatoms. The third-order valence-electron chi connectivity index (χ3n) is 6.19. The first-order valence-corrected chi connectivity index (χ1v) is 13.6. The van der Waals surface area contributed by atoms with E-state index in [0.29, 0.717) is 6.54 Å². The van der Waals surface area contributed by atoms with Gasteiger partial charge in [-0.1, -0.05) is 84.0 Å². The molecule has 0 saturated heterocycles. The summed E-state index contributed by atoms with van der Waals surface area (Å²) in [6.45, 7) is 10.2. The Hall–Kier alpha value is 0.110. The van der Waals surface area contributed by atoms with E-state index in [0.717, 1.165) is 24.1 Å². The summed E-state index contributed by atoms with van der Waals surface area (Å²) in [6, 6.07) is 0. The molecule has 27 heavy (non-hydrogen) atoms. The molecular formula is C22H49NO3P+. The molecule has 164 valence electrons. The van der Waals surface area contributed by atoms with E-state index < -0.39 is 7.60 Å². The van der Waals surface area contributed by atoms with E-state index in [9.17, 15) is 4.57 Å². The second-order valence-electron chi connectivity index (χ2n) is 8.41. The zero-order valence-electron chi connectivity index (χ0n) is 18.6. The van der Waals surface area contributed by atoms with Gasteiger partial charge in [0.1, 0.15) is 0 Å². The van der Waals surface area contributed by atoms with Crippen LogP contribution in [0.1, 0.15) is 111 Å². The monoisotopic (exact) mass is 406 g/mol. The van der Waals surface area contributed by atoms with Crippen molar-refractivity contribution < 1.29 is 18.8 Å². The fraction of sp³-hybridized carbons (Fsp3) is 1.00. The van der Waals surface area contributed by atoms with Gasteiger partial charge in [0.2, 0.25) is 0 Å². The van der Waals surface area contributed by atoms with Gasteiger partial charge in [0, 0.05) is 0 Å². The highest BCUT2D eigenvalue weighted by Gasteiger charge is 2.26. The summed E-state index contributed by atoms with van der Waals surface area (Å²) in [6.07, 6.45) is 19.1. The van der Waals surface area contributed by atoms with Crippen molar-refractivity contribution in [3.63, 3.8) is 0 Å². The molecule has 0 amide bonds. The van der Waals surface area contributed by atoms with Gasteiger partial charge in [-0.15, -0.1) is 0 Å². The van der Waals surface area contributed by atoms with Crippen LogP contribution in [0.4, 0.5) is 0 Å². The van der Waals surface area contributed by atoms with Crippen molar-refractivity contribution in [1.82, 2.24) is 0 Å². The summed E-state index contributed by atoms with van der Waals surface area (Å²) in [5.41, 5.74) is 0. The molecule has 0 aliphatic carbocycles. The molecule has 0 aromatic carbocycles. The topological polar surface area (TPSA) is 57.5 Å². The number of quaternary nitrogens is 1. The average Bonchev–Trinajstić information content (AvgIpc) is 2.64. The average molecular weight is 407 g/mol. The third-order valence-corrected chi connectivity index (χ3v) is 6.98. The van der Waals surface area contributed by atoms with Crippen molar-refractivity contribution in [1.29, 1.82) is 0 Å². The Kier molecular flexibility index (Phi) is 17.1. The highest BCUT2D eigenvalue weighted by atomic mass is 31.2. The summed E-state index contributed by atoms with van der Waals surface area (Å²) in [4.78, 5) is 18.3. The highest BCUT2D eigenvalue weighted by molar-refractivity contribution is 7.51. The summed E-state index contributed by atoms with van der Waals surface area (Å²) in [5, 5.41) is 0. The van der Waals surface area contributed by atoms with Gasteiger partial charge in [-0.2, -0.15) is 0 Å². The molecular weight excluding hydrogens is 357 g/mol. The molecule has 0 fully saturated rings. The molecule has 0 aromatic heterocycles. The van der Waals surface area contributed by atoms with Gasteiger partial charge in [-0.3, -0.25) is 4.57 Å². The fourth-order valence-electron chi connectivity index (χ4n) is 3.95. The maximum Gasteiger partial charge on any atom is 0.331 e. The fourth-order valence-corrected chi connectivity index (χ4v) is 4.64. The predicted octanol–water partition coefficient (Wildman–Crippen LogP) is 6.50. The van der Waals surface area contributed by atoms with Crippen molar-refractivity contribution >= 4 is 7.60 Å². The van der Waals surface area contributed by atoms with E-state index in [2.05, 4.69) is 20.8 Å². The predicted molar refractivity (Wildman–Crippen MR) is 118 cm³/mol. The van der Waals surface area contributed by atoms with Crippen LogP contribution in [0.3, 0.4) is 0 Å². The molecule has 2 N–H and O–H groups in total. The Bertz CT molecular complexity index is 367. The van der Waals surface area contributed by atoms with Crippen LogP contribution in [0, 0.1) is 0 Å². The third kappa shape index (κ3) is 16.7. The number of hydrogen-bond donors (Lipinski definition) is 2. The summed E-state index contributed by atoms with van der Waals surface area (Å²) >= 11 is 0. The van der Waals surface area contributed by atoms with Gasteiger partial charge in [-0.25, -0.2) is 0 Å². The zero-order chi connectivity index (χ0) is 20.4. The molecule has 0 aromatic rings. The lowest BCUT2D eigenvalue weighted by Gasteiger charge is -2.37. The number of hydrogen-bond acceptors (Lipinski definition) is 1. The first-order valence-electron chi connectivity index (χ1n) is 11.8. The number of unbranched alkanes of at least 4 members (excludes halogenated alkanes) is 13. The van der Waals surface area contributed by atoms with Crippen molar-refractivity contribution in [3.8, 4) is 0 Å². The van der Waals surface area contributed by atoms with Crippen LogP contribution in [0.2, 0.25) is 0 Å². The van der Waals surface area contributed by atoms with Crippen molar-refractivity contribution in [2.45, 2.75) is 111 Å². The summed E-state index contributed by atoms with van der Waals surface area (Å²) in [5.74, 6) is 0. The molecule has 0 saturated carbocycles. The van der Waals surface area contributed by atoms with Gasteiger partial charge in [0.05, 0.1) is 32.3 Å². The standard InChI is InChI=1S/C22H48NO3P/c1-4-7-8-9-10-11-12-13-14-15-16-17-18-19-20-23(5-2,6-3)21-22-27(24,25)26/h4-22H2,1-3H3,(H-,24,25,26)/p+1. The normalized spacial score (nSPS) is 12.6. The molecule has 0 aliphatic heterocycles. The van der Waals surface area contributed by atoms with Gasteiger partial charge in [0.15, 0.2) is 0 Å². The van der Waals surface area contributed by atoms with Gasteiger partial charge >= 0.3 is 7.60 Å². The molecule has 0 rings (SSSR count). The van der Waals surface area contributed by atoms with E-state index >= 15 is 0 Å². The van der Waals surface area contributed by atoms with E-state index in [1.54, 1.807) is 0 Å². The van der Waals surface area contributed by atoms with Gasteiger partial charge in [-0.05, 0) is 26.7 Å². The van der Waals surface area contributed by atoms with Crippen LogP contribution < -0.4 is 0 Å². The Labute approximate surface area is 169 Å². The second kappa shape index (κ2) is 17.0. The van der Waals surface area contributed by atoms with E-state index in [4.69, 9.17) is 9.79 Å². The minimum Gasteiger partial charge on any atom is -0.324 e. The first kappa shape index (κ1) is 27.1. The molecule has 0 heterocycles. The van der Waals surface area contributed by atoms with E-state index in [-0.39, 0.29) is 6.16 Å². The Morgan fingerprint density at radius 3 is 1.30 bits per heavy atom. The molecule has 0 radical (unpaired) electrons. The number of nitrogens with zero attached hydrogens (tertiary/aromatic N) is 1. The van der Waals surface area contributed by atoms with E-state index in [1.807, 2.05) is 0 Å². The Morgan fingerprint density at radius 1 is 0.593 bits per heavy atom. The lowest BCUT2D eigenvalue weighted by atomic mass is 10.0. The van der Waals surface area contributed by atoms with Gasteiger partial charge in [0.25, 0.3) is 0 Å². The van der Waals surface area contributed by atoms with Crippen LogP contribution in [0.15, 0.2) is 0 Å². The van der Waals surface area contributed by atoms with Crippen molar-refractivity contribution in [2.75, 3.05) is 32.3 Å². The molecule has 4 nitrogen and oxygen atoms in total. The SMILES string of the molecule is CCCCCCCCCCCCCCCC[N+](CC)(CC)CCP(=O)(O)O. The maximum atomic E-state index is 11.2. The largest absolute Gasteiger partial charge is 0.331 e. The highest BCUT2D eigenvalue weighted by Crippen LogP contribution is 2.34. The number of rotatable bonds is 20. The molecule has 0 unspecified atom stereocenters. The minimum absolute atomic E-state index is 0.0211. The van der Waals surface area contributed by atoms with Crippen LogP contribution in [-0.2, 0) is 4.57 Å². The Balaban J connectivity index is 3.59. The molecule has 0 atom stereocenters. The smallest absolute Gasteiger partial charge is 0.324 e. The van der Waals surface area contributed by atoms with Crippen LogP contribution in [0.25, 0.3) is 0 Å². The lowest BCUT2D eigenvalue weighted by Crippen LogP contribution is -2.50. The van der Waals surface area contributed by atoms with Crippen LogP contribution in [-0.4, -0.2) is 46.6 Å². The summed E-state index contributed by atoms with van der Waals surface area (Å²) in [7, 11) is -3.88. The summed E-state index contributed by atoms with van der Waals surface area (Å²) < 4.78 is 12.0. The van der Waals surface area contributed by atoms with Crippen molar-refractivity contribution in [3.05, 3.63) is 0 Å². The lowest BCUT2D eigenvalue weighted by molar-refractivity contribution is -0.923. The Morgan fingerprint density at radius 2 is 0.963 bits per heavy atom. The van der Waals surface area contributed by atoms with Crippen LogP contribution >= 0.6 is 7.60 Å². The maximum absolute atomic E-state index is 11.2. The quantitative estimate of drug-likeness (QED) is 0.138. The zero-order valence-corrected chi connectivity index (χ0v) is 19.5. The van der Waals surface area contributed by atoms with Crippen molar-refractivity contribution in [2.24, 2.45) is 0 Å². The van der Waals surface area contributed by atoms with E-state index in [1.165, 1.54) is 89.9 Å². The minimum atomic E-state index is -3.88. The molecule has 0 spiro atoms. The van der Waals surface area contributed by atoms with Gasteiger partial charge < -0.3 is 14.3 Å².